The monoisotopic (exact) mass is 322 g/mol. The van der Waals surface area contributed by atoms with E-state index in [1.165, 1.54) is 0 Å². The van der Waals surface area contributed by atoms with Crippen molar-refractivity contribution in [3.05, 3.63) is 40.7 Å². The molecule has 3 nitrogen and oxygen atoms in total. The number of benzene rings is 1. The summed E-state index contributed by atoms with van der Waals surface area (Å²) in [4.78, 5) is 4.50. The highest BCUT2D eigenvalue weighted by Crippen LogP contribution is 2.27. The summed E-state index contributed by atoms with van der Waals surface area (Å²) in [5.41, 5.74) is 2.18. The summed E-state index contributed by atoms with van der Waals surface area (Å²) in [6, 6.07) is 7.92. The molecule has 1 N–H and O–H groups in total. The highest BCUT2D eigenvalue weighted by molar-refractivity contribution is 9.10. The molecule has 0 radical (unpaired) electrons. The molecule has 0 unspecified atom stereocenters. The van der Waals surface area contributed by atoms with Crippen LogP contribution in [-0.4, -0.2) is 11.5 Å². The Bertz CT molecular complexity index is 543. The Morgan fingerprint density at radius 1 is 1.26 bits per heavy atom. The van der Waals surface area contributed by atoms with Gasteiger partial charge < -0.3 is 9.73 Å². The van der Waals surface area contributed by atoms with Crippen molar-refractivity contribution in [1.29, 1.82) is 0 Å². The van der Waals surface area contributed by atoms with Gasteiger partial charge in [0.05, 0.1) is 11.3 Å². The van der Waals surface area contributed by atoms with Gasteiger partial charge in [-0.25, -0.2) is 4.98 Å². The number of aromatic nitrogens is 1. The molecule has 0 saturated carbocycles. The second-order valence-corrected chi connectivity index (χ2v) is 6.64. The molecule has 0 fully saturated rings. The zero-order chi connectivity index (χ0) is 13.9. The van der Waals surface area contributed by atoms with Crippen molar-refractivity contribution >= 4 is 15.9 Å². The molecule has 4 heteroatoms. The molecule has 0 saturated heterocycles. The Morgan fingerprint density at radius 2 is 2.00 bits per heavy atom. The Balaban J connectivity index is 2.02. The lowest BCUT2D eigenvalue weighted by Gasteiger charge is -2.17. The molecule has 0 aliphatic rings. The summed E-state index contributed by atoms with van der Waals surface area (Å²) < 4.78 is 6.52. The molecule has 0 spiro atoms. The van der Waals surface area contributed by atoms with Gasteiger partial charge in [0, 0.05) is 17.6 Å². The number of hydrogen-bond donors (Lipinski definition) is 1. The predicted octanol–water partition coefficient (Wildman–Crippen LogP) is 4.24. The molecular weight excluding hydrogens is 304 g/mol. The molecule has 2 rings (SSSR count). The SMILES string of the molecule is CC(C)(C)CNCc1coc(-c2ccccc2Br)n1. The van der Waals surface area contributed by atoms with E-state index in [0.29, 0.717) is 5.89 Å². The van der Waals surface area contributed by atoms with E-state index in [1.807, 2.05) is 24.3 Å². The van der Waals surface area contributed by atoms with Crippen LogP contribution in [0.5, 0.6) is 0 Å². The van der Waals surface area contributed by atoms with Crippen LogP contribution in [0.4, 0.5) is 0 Å². The van der Waals surface area contributed by atoms with Gasteiger partial charge in [-0.05, 0) is 33.5 Å². The zero-order valence-corrected chi connectivity index (χ0v) is 13.1. The fourth-order valence-corrected chi connectivity index (χ4v) is 2.17. The second-order valence-electron chi connectivity index (χ2n) is 5.79. The van der Waals surface area contributed by atoms with Crippen molar-refractivity contribution in [2.24, 2.45) is 5.41 Å². The van der Waals surface area contributed by atoms with Crippen molar-refractivity contribution < 1.29 is 4.42 Å². The quantitative estimate of drug-likeness (QED) is 0.914. The van der Waals surface area contributed by atoms with Crippen molar-refractivity contribution in [2.75, 3.05) is 6.54 Å². The first-order valence-corrected chi connectivity index (χ1v) is 7.15. The van der Waals surface area contributed by atoms with Crippen molar-refractivity contribution in [3.63, 3.8) is 0 Å². The standard InChI is InChI=1S/C15H19BrN2O/c1-15(2,3)10-17-8-11-9-19-14(18-11)12-6-4-5-7-13(12)16/h4-7,9,17H,8,10H2,1-3H3. The average Bonchev–Trinajstić information content (AvgIpc) is 2.76. The molecule has 1 heterocycles. The van der Waals surface area contributed by atoms with Gasteiger partial charge in [-0.2, -0.15) is 0 Å². The summed E-state index contributed by atoms with van der Waals surface area (Å²) in [6.45, 7) is 8.29. The minimum Gasteiger partial charge on any atom is -0.444 e. The molecule has 102 valence electrons. The Labute approximate surface area is 122 Å². The third-order valence-electron chi connectivity index (χ3n) is 2.62. The average molecular weight is 323 g/mol. The van der Waals surface area contributed by atoms with E-state index < -0.39 is 0 Å². The molecule has 0 aliphatic heterocycles. The molecule has 1 aromatic heterocycles. The van der Waals surface area contributed by atoms with Crippen molar-refractivity contribution in [1.82, 2.24) is 10.3 Å². The maximum Gasteiger partial charge on any atom is 0.227 e. The van der Waals surface area contributed by atoms with E-state index in [2.05, 4.69) is 47.0 Å². The highest BCUT2D eigenvalue weighted by atomic mass is 79.9. The molecule has 0 atom stereocenters. The Hall–Kier alpha value is -1.13. The first-order chi connectivity index (χ1) is 8.96. The fourth-order valence-electron chi connectivity index (χ4n) is 1.71. The van der Waals surface area contributed by atoms with Gasteiger partial charge in [0.1, 0.15) is 6.26 Å². The Morgan fingerprint density at radius 3 is 2.68 bits per heavy atom. The first kappa shape index (κ1) is 14.3. The summed E-state index contributed by atoms with van der Waals surface area (Å²) in [5, 5.41) is 3.39. The molecule has 1 aromatic carbocycles. The molecule has 2 aromatic rings. The van der Waals surface area contributed by atoms with Gasteiger partial charge in [-0.15, -0.1) is 0 Å². The fraction of sp³-hybridized carbons (Fsp3) is 0.400. The van der Waals surface area contributed by atoms with Gasteiger partial charge in [-0.3, -0.25) is 0 Å². The van der Waals surface area contributed by atoms with Crippen LogP contribution in [0.3, 0.4) is 0 Å². The maximum absolute atomic E-state index is 5.53. The van der Waals surface area contributed by atoms with E-state index >= 15 is 0 Å². The second kappa shape index (κ2) is 5.88. The number of oxazole rings is 1. The summed E-state index contributed by atoms with van der Waals surface area (Å²) in [5.74, 6) is 0.653. The zero-order valence-electron chi connectivity index (χ0n) is 11.5. The normalized spacial score (nSPS) is 11.8. The van der Waals surface area contributed by atoms with E-state index in [9.17, 15) is 0 Å². The number of halogens is 1. The topological polar surface area (TPSA) is 38.1 Å². The van der Waals surface area contributed by atoms with E-state index in [4.69, 9.17) is 4.42 Å². The third kappa shape index (κ3) is 4.18. The van der Waals surface area contributed by atoms with Crippen LogP contribution in [0.1, 0.15) is 26.5 Å². The van der Waals surface area contributed by atoms with Crippen LogP contribution in [-0.2, 0) is 6.54 Å². The number of hydrogen-bond acceptors (Lipinski definition) is 3. The predicted molar refractivity (Wildman–Crippen MR) is 80.8 cm³/mol. The molecule has 0 amide bonds. The smallest absolute Gasteiger partial charge is 0.227 e. The molecule has 0 bridgehead atoms. The van der Waals surface area contributed by atoms with Crippen LogP contribution in [0, 0.1) is 5.41 Å². The van der Waals surface area contributed by atoms with Gasteiger partial charge in [-0.1, -0.05) is 32.9 Å². The minimum atomic E-state index is 0.273. The lowest BCUT2D eigenvalue weighted by molar-refractivity contribution is 0.378. The first-order valence-electron chi connectivity index (χ1n) is 6.36. The van der Waals surface area contributed by atoms with Gasteiger partial charge in [0.25, 0.3) is 0 Å². The van der Waals surface area contributed by atoms with Crippen LogP contribution >= 0.6 is 15.9 Å². The highest BCUT2D eigenvalue weighted by Gasteiger charge is 2.12. The van der Waals surface area contributed by atoms with Crippen LogP contribution in [0.15, 0.2) is 39.4 Å². The molecule has 19 heavy (non-hydrogen) atoms. The summed E-state index contributed by atoms with van der Waals surface area (Å²) in [7, 11) is 0. The van der Waals surface area contributed by atoms with Gasteiger partial charge >= 0.3 is 0 Å². The third-order valence-corrected chi connectivity index (χ3v) is 3.31. The number of rotatable bonds is 4. The van der Waals surface area contributed by atoms with Gasteiger partial charge in [0.2, 0.25) is 5.89 Å². The maximum atomic E-state index is 5.53. The summed E-state index contributed by atoms with van der Waals surface area (Å²) in [6.07, 6.45) is 1.71. The van der Waals surface area contributed by atoms with E-state index in [0.717, 1.165) is 28.8 Å². The van der Waals surface area contributed by atoms with Crippen LogP contribution in [0.2, 0.25) is 0 Å². The molecular formula is C15H19BrN2O. The van der Waals surface area contributed by atoms with E-state index in [-0.39, 0.29) is 5.41 Å². The van der Waals surface area contributed by atoms with Crippen molar-refractivity contribution in [3.8, 4) is 11.5 Å². The van der Waals surface area contributed by atoms with Crippen LogP contribution in [0.25, 0.3) is 11.5 Å². The Kier molecular flexibility index (Phi) is 4.42. The van der Waals surface area contributed by atoms with Crippen molar-refractivity contribution in [2.45, 2.75) is 27.3 Å². The lowest BCUT2D eigenvalue weighted by atomic mass is 9.97. The number of nitrogens with one attached hydrogen (secondary N) is 1. The van der Waals surface area contributed by atoms with Gasteiger partial charge in [0.15, 0.2) is 0 Å². The summed E-state index contributed by atoms with van der Waals surface area (Å²) >= 11 is 3.51. The largest absolute Gasteiger partial charge is 0.444 e. The van der Waals surface area contributed by atoms with E-state index in [1.54, 1.807) is 6.26 Å². The lowest BCUT2D eigenvalue weighted by Crippen LogP contribution is -2.26. The number of nitrogens with zero attached hydrogens (tertiary/aromatic N) is 1. The van der Waals surface area contributed by atoms with Crippen LogP contribution < -0.4 is 5.32 Å². The minimum absolute atomic E-state index is 0.273. The molecule has 0 aliphatic carbocycles.